The van der Waals surface area contributed by atoms with Gasteiger partial charge in [-0.05, 0) is 48.5 Å². The molecule has 6 heteroatoms. The number of hydrogen-bond acceptors (Lipinski definition) is 4. The second-order valence-electron chi connectivity index (χ2n) is 5.10. The van der Waals surface area contributed by atoms with Gasteiger partial charge < -0.3 is 14.4 Å². The maximum Gasteiger partial charge on any atom is 0.337 e. The predicted molar refractivity (Wildman–Crippen MR) is 86.6 cm³/mol. The van der Waals surface area contributed by atoms with E-state index in [0.29, 0.717) is 23.4 Å². The molecule has 5 nitrogen and oxygen atoms in total. The lowest BCUT2D eigenvalue weighted by atomic mass is 10.1. The molecule has 0 N–H and O–H groups in total. The lowest BCUT2D eigenvalue weighted by molar-refractivity contribution is 0.0600. The molecule has 0 saturated carbocycles. The standard InChI is InChI=1S/C18H18FNO4/c1-20(11-12-24-16-9-7-15(19)8-10-16)17(21)13-3-5-14(6-4-13)18(22)23-2/h3-10H,11-12H2,1-2H3. The van der Waals surface area contributed by atoms with Crippen molar-refractivity contribution in [3.63, 3.8) is 0 Å². The van der Waals surface area contributed by atoms with E-state index in [4.69, 9.17) is 4.74 Å². The summed E-state index contributed by atoms with van der Waals surface area (Å²) in [6, 6.07) is 11.9. The lowest BCUT2D eigenvalue weighted by Crippen LogP contribution is -2.30. The van der Waals surface area contributed by atoms with Crippen LogP contribution in [0.2, 0.25) is 0 Å². The zero-order valence-corrected chi connectivity index (χ0v) is 13.5. The number of ether oxygens (including phenoxy) is 2. The molecule has 0 bridgehead atoms. The van der Waals surface area contributed by atoms with Crippen molar-refractivity contribution in [1.29, 1.82) is 0 Å². The minimum absolute atomic E-state index is 0.186. The Labute approximate surface area is 139 Å². The molecule has 2 aromatic rings. The van der Waals surface area contributed by atoms with Crippen LogP contribution in [0.3, 0.4) is 0 Å². The number of benzene rings is 2. The van der Waals surface area contributed by atoms with Crippen LogP contribution in [-0.2, 0) is 4.74 Å². The fourth-order valence-corrected chi connectivity index (χ4v) is 2.02. The quantitative estimate of drug-likeness (QED) is 0.764. The third kappa shape index (κ3) is 4.55. The van der Waals surface area contributed by atoms with Crippen molar-refractivity contribution >= 4 is 11.9 Å². The predicted octanol–water partition coefficient (Wildman–Crippen LogP) is 2.76. The summed E-state index contributed by atoms with van der Waals surface area (Å²) in [5.74, 6) is -0.422. The number of carbonyl (C=O) groups excluding carboxylic acids is 2. The molecule has 0 fully saturated rings. The molecule has 0 aliphatic heterocycles. The summed E-state index contributed by atoms with van der Waals surface area (Å²) in [4.78, 5) is 25.2. The first-order valence-corrected chi connectivity index (χ1v) is 7.33. The SMILES string of the molecule is COC(=O)c1ccc(C(=O)N(C)CCOc2ccc(F)cc2)cc1. The number of hydrogen-bond donors (Lipinski definition) is 0. The molecule has 0 atom stereocenters. The largest absolute Gasteiger partial charge is 0.492 e. The summed E-state index contributed by atoms with van der Waals surface area (Å²) in [5, 5.41) is 0. The summed E-state index contributed by atoms with van der Waals surface area (Å²) in [5.41, 5.74) is 0.850. The van der Waals surface area contributed by atoms with Crippen LogP contribution in [0.4, 0.5) is 4.39 Å². The Morgan fingerprint density at radius 1 is 1.00 bits per heavy atom. The van der Waals surface area contributed by atoms with Gasteiger partial charge in [0.05, 0.1) is 19.2 Å². The Bertz CT molecular complexity index is 698. The summed E-state index contributed by atoms with van der Waals surface area (Å²) >= 11 is 0. The van der Waals surface area contributed by atoms with Crippen molar-refractivity contribution in [2.24, 2.45) is 0 Å². The van der Waals surface area contributed by atoms with E-state index < -0.39 is 5.97 Å². The maximum absolute atomic E-state index is 12.8. The van der Waals surface area contributed by atoms with Crippen LogP contribution in [0.5, 0.6) is 5.75 Å². The molecule has 1 amide bonds. The monoisotopic (exact) mass is 331 g/mol. The van der Waals surface area contributed by atoms with Gasteiger partial charge in [-0.25, -0.2) is 9.18 Å². The number of esters is 1. The third-order valence-corrected chi connectivity index (χ3v) is 3.41. The fraction of sp³-hybridized carbons (Fsp3) is 0.222. The van der Waals surface area contributed by atoms with Gasteiger partial charge in [-0.15, -0.1) is 0 Å². The molecule has 0 heterocycles. The van der Waals surface area contributed by atoms with Gasteiger partial charge in [0.25, 0.3) is 5.91 Å². The van der Waals surface area contributed by atoms with Crippen molar-refractivity contribution in [1.82, 2.24) is 4.90 Å². The van der Waals surface area contributed by atoms with E-state index in [2.05, 4.69) is 4.74 Å². The molecule has 0 unspecified atom stereocenters. The second-order valence-corrected chi connectivity index (χ2v) is 5.10. The molecule has 2 aromatic carbocycles. The highest BCUT2D eigenvalue weighted by Crippen LogP contribution is 2.11. The van der Waals surface area contributed by atoms with Crippen LogP contribution in [0.1, 0.15) is 20.7 Å². The van der Waals surface area contributed by atoms with Crippen LogP contribution in [0.25, 0.3) is 0 Å². The number of nitrogens with zero attached hydrogens (tertiary/aromatic N) is 1. The van der Waals surface area contributed by atoms with Crippen molar-refractivity contribution in [2.45, 2.75) is 0 Å². The van der Waals surface area contributed by atoms with Crippen LogP contribution >= 0.6 is 0 Å². The Balaban J connectivity index is 1.87. The summed E-state index contributed by atoms with van der Waals surface area (Å²) in [6.07, 6.45) is 0. The van der Waals surface area contributed by atoms with Crippen molar-refractivity contribution < 1.29 is 23.5 Å². The molecule has 0 radical (unpaired) electrons. The van der Waals surface area contributed by atoms with E-state index in [1.165, 1.54) is 36.3 Å². The number of halogens is 1. The molecule has 0 aromatic heterocycles. The molecular weight excluding hydrogens is 313 g/mol. The van der Waals surface area contributed by atoms with Gasteiger partial charge in [0, 0.05) is 12.6 Å². The Kier molecular flexibility index (Phi) is 5.89. The number of methoxy groups -OCH3 is 1. The number of likely N-dealkylation sites (N-methyl/N-ethyl adjacent to an activating group) is 1. The Morgan fingerprint density at radius 3 is 2.17 bits per heavy atom. The zero-order chi connectivity index (χ0) is 17.5. The van der Waals surface area contributed by atoms with Crippen molar-refractivity contribution in [3.8, 4) is 5.75 Å². The van der Waals surface area contributed by atoms with Gasteiger partial charge >= 0.3 is 5.97 Å². The van der Waals surface area contributed by atoms with Gasteiger partial charge in [-0.3, -0.25) is 4.79 Å². The minimum Gasteiger partial charge on any atom is -0.492 e. The van der Waals surface area contributed by atoms with Crippen molar-refractivity contribution in [3.05, 3.63) is 65.5 Å². The Hall–Kier alpha value is -2.89. The van der Waals surface area contributed by atoms with Crippen LogP contribution < -0.4 is 4.74 Å². The molecule has 24 heavy (non-hydrogen) atoms. The molecule has 0 aliphatic rings. The second kappa shape index (κ2) is 8.10. The number of rotatable bonds is 6. The molecular formula is C18H18FNO4. The molecule has 0 aliphatic carbocycles. The summed E-state index contributed by atoms with van der Waals surface area (Å²) < 4.78 is 22.9. The normalized spacial score (nSPS) is 10.1. The van der Waals surface area contributed by atoms with E-state index in [1.54, 1.807) is 31.3 Å². The van der Waals surface area contributed by atoms with Crippen molar-refractivity contribution in [2.75, 3.05) is 27.3 Å². The van der Waals surface area contributed by atoms with Crippen LogP contribution in [0, 0.1) is 5.82 Å². The highest BCUT2D eigenvalue weighted by Gasteiger charge is 2.13. The smallest absolute Gasteiger partial charge is 0.337 e. The average molecular weight is 331 g/mol. The summed E-state index contributed by atoms with van der Waals surface area (Å²) in [7, 11) is 2.96. The molecule has 2 rings (SSSR count). The first kappa shape index (κ1) is 17.5. The van der Waals surface area contributed by atoms with E-state index in [1.807, 2.05) is 0 Å². The van der Waals surface area contributed by atoms with Gasteiger partial charge in [-0.1, -0.05) is 0 Å². The number of amides is 1. The lowest BCUT2D eigenvalue weighted by Gasteiger charge is -2.17. The topological polar surface area (TPSA) is 55.8 Å². The average Bonchev–Trinajstić information content (AvgIpc) is 2.62. The van der Waals surface area contributed by atoms with E-state index in [-0.39, 0.29) is 18.3 Å². The minimum atomic E-state index is -0.449. The van der Waals surface area contributed by atoms with Crippen LogP contribution in [-0.4, -0.2) is 44.1 Å². The van der Waals surface area contributed by atoms with Gasteiger partial charge in [-0.2, -0.15) is 0 Å². The zero-order valence-electron chi connectivity index (χ0n) is 13.5. The highest BCUT2D eigenvalue weighted by atomic mass is 19.1. The van der Waals surface area contributed by atoms with Gasteiger partial charge in [0.15, 0.2) is 0 Å². The molecule has 126 valence electrons. The molecule has 0 saturated heterocycles. The van der Waals surface area contributed by atoms with E-state index in [0.717, 1.165) is 0 Å². The summed E-state index contributed by atoms with van der Waals surface area (Å²) in [6.45, 7) is 0.656. The third-order valence-electron chi connectivity index (χ3n) is 3.41. The number of carbonyl (C=O) groups is 2. The van der Waals surface area contributed by atoms with Crippen LogP contribution in [0.15, 0.2) is 48.5 Å². The fourth-order valence-electron chi connectivity index (χ4n) is 2.02. The highest BCUT2D eigenvalue weighted by molar-refractivity contribution is 5.96. The van der Waals surface area contributed by atoms with E-state index >= 15 is 0 Å². The first-order valence-electron chi connectivity index (χ1n) is 7.33. The molecule has 0 spiro atoms. The van der Waals surface area contributed by atoms with Gasteiger partial charge in [0.1, 0.15) is 18.2 Å². The van der Waals surface area contributed by atoms with E-state index in [9.17, 15) is 14.0 Å². The first-order chi connectivity index (χ1) is 11.5. The van der Waals surface area contributed by atoms with Gasteiger partial charge in [0.2, 0.25) is 0 Å². The Morgan fingerprint density at radius 2 is 1.58 bits per heavy atom. The maximum atomic E-state index is 12.8.